The van der Waals surface area contributed by atoms with Gasteiger partial charge in [-0.1, -0.05) is 13.8 Å². The van der Waals surface area contributed by atoms with Gasteiger partial charge in [0.1, 0.15) is 0 Å². The van der Waals surface area contributed by atoms with Crippen molar-refractivity contribution in [2.24, 2.45) is 10.8 Å². The molecule has 1 unspecified atom stereocenters. The zero-order chi connectivity index (χ0) is 12.9. The Hall–Kier alpha value is -0.200. The lowest BCUT2D eigenvalue weighted by Gasteiger charge is -2.41. The molecule has 0 saturated heterocycles. The molecule has 17 heavy (non-hydrogen) atoms. The van der Waals surface area contributed by atoms with Gasteiger partial charge in [0.05, 0.1) is 17.6 Å². The van der Waals surface area contributed by atoms with Gasteiger partial charge in [-0.05, 0) is 55.9 Å². The number of thioether (sulfide) groups is 1. The third kappa shape index (κ3) is 3.89. The van der Waals surface area contributed by atoms with Gasteiger partial charge < -0.3 is 5.11 Å². The van der Waals surface area contributed by atoms with Crippen LogP contribution >= 0.6 is 11.8 Å². The van der Waals surface area contributed by atoms with Gasteiger partial charge in [0.2, 0.25) is 0 Å². The molecule has 0 amide bonds. The lowest BCUT2D eigenvalue weighted by Crippen LogP contribution is -2.39. The van der Waals surface area contributed by atoms with Crippen molar-refractivity contribution in [2.75, 3.05) is 12.0 Å². The first-order valence-electron chi connectivity index (χ1n) is 6.54. The van der Waals surface area contributed by atoms with Crippen molar-refractivity contribution in [2.45, 2.75) is 58.5 Å². The van der Waals surface area contributed by atoms with Crippen LogP contribution in [0, 0.1) is 22.2 Å². The van der Waals surface area contributed by atoms with Gasteiger partial charge >= 0.3 is 0 Å². The molecule has 1 saturated carbocycles. The van der Waals surface area contributed by atoms with Crippen molar-refractivity contribution >= 4 is 11.8 Å². The van der Waals surface area contributed by atoms with Crippen LogP contribution in [0.1, 0.15) is 52.4 Å². The molecule has 1 fully saturated rings. The molecular weight excluding hydrogens is 230 g/mol. The number of nitrogens with zero attached hydrogens (tertiary/aromatic N) is 1. The van der Waals surface area contributed by atoms with Crippen molar-refractivity contribution in [1.29, 1.82) is 5.26 Å². The van der Waals surface area contributed by atoms with Gasteiger partial charge in [0.15, 0.2) is 0 Å². The highest BCUT2D eigenvalue weighted by Gasteiger charge is 2.43. The van der Waals surface area contributed by atoms with Crippen molar-refractivity contribution in [3.63, 3.8) is 0 Å². The minimum atomic E-state index is -0.464. The highest BCUT2D eigenvalue weighted by Crippen LogP contribution is 2.47. The van der Waals surface area contributed by atoms with Gasteiger partial charge in [-0.15, -0.1) is 0 Å². The van der Waals surface area contributed by atoms with E-state index in [2.05, 4.69) is 26.2 Å². The van der Waals surface area contributed by atoms with Crippen molar-refractivity contribution < 1.29 is 5.11 Å². The molecule has 0 radical (unpaired) electrons. The first kappa shape index (κ1) is 14.9. The van der Waals surface area contributed by atoms with Crippen LogP contribution in [0.25, 0.3) is 0 Å². The van der Waals surface area contributed by atoms with Crippen LogP contribution in [0.3, 0.4) is 0 Å². The molecule has 0 aromatic rings. The van der Waals surface area contributed by atoms with Crippen molar-refractivity contribution in [3.05, 3.63) is 0 Å². The summed E-state index contributed by atoms with van der Waals surface area (Å²) in [5, 5.41) is 19.7. The summed E-state index contributed by atoms with van der Waals surface area (Å²) in [6.07, 6.45) is 7.25. The average Bonchev–Trinajstić information content (AvgIpc) is 2.30. The Morgan fingerprint density at radius 3 is 2.35 bits per heavy atom. The van der Waals surface area contributed by atoms with Gasteiger partial charge in [-0.2, -0.15) is 17.0 Å². The second-order valence-electron chi connectivity index (χ2n) is 6.08. The first-order valence-corrected chi connectivity index (χ1v) is 7.93. The number of hydrogen-bond acceptors (Lipinski definition) is 3. The van der Waals surface area contributed by atoms with Gasteiger partial charge in [-0.3, -0.25) is 0 Å². The Balaban J connectivity index is 2.55. The van der Waals surface area contributed by atoms with Gasteiger partial charge in [0.25, 0.3) is 0 Å². The highest BCUT2D eigenvalue weighted by molar-refractivity contribution is 7.98. The average molecular weight is 255 g/mol. The van der Waals surface area contributed by atoms with Crippen LogP contribution in [-0.2, 0) is 0 Å². The maximum atomic E-state index is 10.3. The summed E-state index contributed by atoms with van der Waals surface area (Å²) < 4.78 is 0. The van der Waals surface area contributed by atoms with Crippen LogP contribution < -0.4 is 0 Å². The highest BCUT2D eigenvalue weighted by atomic mass is 32.2. The van der Waals surface area contributed by atoms with E-state index in [1.807, 2.05) is 0 Å². The number of aliphatic hydroxyl groups is 1. The SMILES string of the molecule is CSCCCC(O)C1(C#N)CCC(C)(C)CC1. The Morgan fingerprint density at radius 1 is 1.29 bits per heavy atom. The van der Waals surface area contributed by atoms with Crippen LogP contribution in [0.5, 0.6) is 0 Å². The number of aliphatic hydroxyl groups excluding tert-OH is 1. The molecular formula is C14H25NOS. The Kier molecular flexibility index (Phi) is 5.34. The van der Waals surface area contributed by atoms with Crippen LogP contribution in [0.15, 0.2) is 0 Å². The molecule has 1 aliphatic rings. The van der Waals surface area contributed by atoms with E-state index in [-0.39, 0.29) is 0 Å². The lowest BCUT2D eigenvalue weighted by atomic mass is 9.63. The van der Waals surface area contributed by atoms with Crippen LogP contribution in [-0.4, -0.2) is 23.2 Å². The van der Waals surface area contributed by atoms with E-state index in [0.29, 0.717) is 5.41 Å². The molecule has 0 aliphatic heterocycles. The predicted molar refractivity (Wildman–Crippen MR) is 73.9 cm³/mol. The van der Waals surface area contributed by atoms with Crippen molar-refractivity contribution in [3.8, 4) is 6.07 Å². The van der Waals surface area contributed by atoms with E-state index in [9.17, 15) is 10.4 Å². The van der Waals surface area contributed by atoms with Crippen LogP contribution in [0.4, 0.5) is 0 Å². The second-order valence-corrected chi connectivity index (χ2v) is 7.07. The molecule has 0 heterocycles. The predicted octanol–water partition coefficient (Wildman–Crippen LogP) is 3.60. The van der Waals surface area contributed by atoms with E-state index in [1.54, 1.807) is 11.8 Å². The first-order chi connectivity index (χ1) is 7.96. The molecule has 1 N–H and O–H groups in total. The molecule has 0 bridgehead atoms. The fraction of sp³-hybridized carbons (Fsp3) is 0.929. The standard InChI is InChI=1S/C14H25NOS/c1-13(2)6-8-14(11-15,9-7-13)12(16)5-4-10-17-3/h12,16H,4-10H2,1-3H3. The summed E-state index contributed by atoms with van der Waals surface area (Å²) in [6.45, 7) is 4.52. The topological polar surface area (TPSA) is 44.0 Å². The largest absolute Gasteiger partial charge is 0.391 e. The van der Waals surface area contributed by atoms with Crippen molar-refractivity contribution in [1.82, 2.24) is 0 Å². The smallest absolute Gasteiger partial charge is 0.0832 e. The minimum absolute atomic E-state index is 0.347. The Labute approximate surface area is 110 Å². The molecule has 0 aromatic heterocycles. The second kappa shape index (κ2) is 6.11. The normalized spacial score (nSPS) is 23.9. The fourth-order valence-electron chi connectivity index (χ4n) is 2.59. The summed E-state index contributed by atoms with van der Waals surface area (Å²) >= 11 is 1.80. The monoisotopic (exact) mass is 255 g/mol. The summed E-state index contributed by atoms with van der Waals surface area (Å²) in [7, 11) is 0. The van der Waals surface area contributed by atoms with E-state index < -0.39 is 11.5 Å². The fourth-order valence-corrected chi connectivity index (χ4v) is 3.05. The summed E-state index contributed by atoms with van der Waals surface area (Å²) in [4.78, 5) is 0. The number of nitriles is 1. The quantitative estimate of drug-likeness (QED) is 0.763. The number of hydrogen-bond donors (Lipinski definition) is 1. The third-order valence-corrected chi connectivity index (χ3v) is 4.88. The summed E-state index contributed by atoms with van der Waals surface area (Å²) in [5.41, 5.74) is -0.118. The van der Waals surface area contributed by atoms with E-state index in [0.717, 1.165) is 44.3 Å². The lowest BCUT2D eigenvalue weighted by molar-refractivity contribution is 0.00593. The molecule has 1 atom stereocenters. The van der Waals surface area contributed by atoms with E-state index >= 15 is 0 Å². The molecule has 2 nitrogen and oxygen atoms in total. The molecule has 98 valence electrons. The summed E-state index contributed by atoms with van der Waals surface area (Å²) in [5.74, 6) is 1.07. The molecule has 3 heteroatoms. The molecule has 1 aliphatic carbocycles. The zero-order valence-electron chi connectivity index (χ0n) is 11.3. The Bertz CT molecular complexity index is 272. The third-order valence-electron chi connectivity index (χ3n) is 4.18. The maximum Gasteiger partial charge on any atom is 0.0832 e. The minimum Gasteiger partial charge on any atom is -0.391 e. The Morgan fingerprint density at radius 2 is 1.88 bits per heavy atom. The van der Waals surface area contributed by atoms with E-state index in [1.165, 1.54) is 0 Å². The van der Waals surface area contributed by atoms with Gasteiger partial charge in [0, 0.05) is 0 Å². The summed E-state index contributed by atoms with van der Waals surface area (Å²) in [6, 6.07) is 2.43. The maximum absolute atomic E-state index is 10.3. The molecule has 0 aromatic carbocycles. The number of rotatable bonds is 5. The zero-order valence-corrected chi connectivity index (χ0v) is 12.1. The van der Waals surface area contributed by atoms with Gasteiger partial charge in [-0.25, -0.2) is 0 Å². The molecule has 0 spiro atoms. The van der Waals surface area contributed by atoms with E-state index in [4.69, 9.17) is 0 Å². The van der Waals surface area contributed by atoms with Crippen LogP contribution in [0.2, 0.25) is 0 Å². The molecule has 1 rings (SSSR count).